The third kappa shape index (κ3) is 3.56. The molecule has 19 heavy (non-hydrogen) atoms. The van der Waals surface area contributed by atoms with Gasteiger partial charge in [0.15, 0.2) is 0 Å². The van der Waals surface area contributed by atoms with Crippen molar-refractivity contribution in [1.82, 2.24) is 0 Å². The van der Waals surface area contributed by atoms with Gasteiger partial charge in [-0.15, -0.1) is 12.4 Å². The molecule has 1 nitrogen and oxygen atoms in total. The average Bonchev–Trinajstić information content (AvgIpc) is 2.80. The number of rotatable bonds is 2. The molecule has 0 unspecified atom stereocenters. The van der Waals surface area contributed by atoms with E-state index < -0.39 is 17.8 Å². The molecule has 2 rings (SSSR count). The van der Waals surface area contributed by atoms with Gasteiger partial charge in [0.1, 0.15) is 0 Å². The molecule has 1 aromatic rings. The molecule has 0 radical (unpaired) electrons. The van der Waals surface area contributed by atoms with Gasteiger partial charge in [-0.3, -0.25) is 0 Å². The quantitative estimate of drug-likeness (QED) is 0.819. The van der Waals surface area contributed by atoms with E-state index in [4.69, 9.17) is 17.3 Å². The Morgan fingerprint density at radius 2 is 1.79 bits per heavy atom. The van der Waals surface area contributed by atoms with E-state index >= 15 is 0 Å². The van der Waals surface area contributed by atoms with Crippen LogP contribution in [0.3, 0.4) is 0 Å². The second-order valence-corrected chi connectivity index (χ2v) is 5.18. The summed E-state index contributed by atoms with van der Waals surface area (Å²) in [4.78, 5) is 0. The maximum absolute atomic E-state index is 13.0. The Kier molecular flexibility index (Phi) is 5.53. The second-order valence-electron chi connectivity index (χ2n) is 4.77. The van der Waals surface area contributed by atoms with Crippen LogP contribution in [-0.4, -0.2) is 0 Å². The number of hydrogen-bond acceptors (Lipinski definition) is 1. The van der Waals surface area contributed by atoms with Gasteiger partial charge in [-0.05, 0) is 36.5 Å². The summed E-state index contributed by atoms with van der Waals surface area (Å²) < 4.78 is 38.9. The zero-order valence-corrected chi connectivity index (χ0v) is 11.8. The van der Waals surface area contributed by atoms with Crippen molar-refractivity contribution in [3.05, 3.63) is 34.3 Å². The van der Waals surface area contributed by atoms with E-state index in [1.807, 2.05) is 0 Å². The van der Waals surface area contributed by atoms with Gasteiger partial charge in [0.2, 0.25) is 0 Å². The van der Waals surface area contributed by atoms with Crippen molar-refractivity contribution in [2.75, 3.05) is 0 Å². The Labute approximate surface area is 121 Å². The molecule has 6 heteroatoms. The molecular formula is C13H16Cl2F3N. The highest BCUT2D eigenvalue weighted by molar-refractivity contribution is 6.31. The first-order valence-electron chi connectivity index (χ1n) is 6.02. The second kappa shape index (κ2) is 6.33. The van der Waals surface area contributed by atoms with Crippen molar-refractivity contribution in [3.8, 4) is 0 Å². The number of nitrogens with two attached hydrogens (primary N) is 1. The van der Waals surface area contributed by atoms with E-state index in [1.54, 1.807) is 0 Å². The number of alkyl halides is 3. The van der Waals surface area contributed by atoms with Gasteiger partial charge in [-0.1, -0.05) is 30.5 Å². The lowest BCUT2D eigenvalue weighted by Crippen LogP contribution is -2.23. The zero-order valence-electron chi connectivity index (χ0n) is 10.2. The van der Waals surface area contributed by atoms with Crippen LogP contribution in [0.25, 0.3) is 0 Å². The fourth-order valence-corrected chi connectivity index (χ4v) is 2.98. The summed E-state index contributed by atoms with van der Waals surface area (Å²) in [6.07, 6.45) is -0.585. The minimum absolute atomic E-state index is 0. The smallest absolute Gasteiger partial charge is 0.324 e. The minimum Gasteiger partial charge on any atom is -0.324 e. The van der Waals surface area contributed by atoms with Crippen molar-refractivity contribution in [1.29, 1.82) is 0 Å². The van der Waals surface area contributed by atoms with E-state index in [0.717, 1.165) is 31.7 Å². The topological polar surface area (TPSA) is 26.0 Å². The maximum Gasteiger partial charge on any atom is 0.416 e. The molecule has 0 aliphatic heterocycles. The van der Waals surface area contributed by atoms with Crippen LogP contribution < -0.4 is 5.73 Å². The van der Waals surface area contributed by atoms with Gasteiger partial charge in [-0.2, -0.15) is 13.2 Å². The summed E-state index contributed by atoms with van der Waals surface area (Å²) in [5.74, 6) is 0.103. The van der Waals surface area contributed by atoms with Gasteiger partial charge in [0, 0.05) is 11.1 Å². The van der Waals surface area contributed by atoms with Crippen molar-refractivity contribution >= 4 is 24.0 Å². The van der Waals surface area contributed by atoms with Gasteiger partial charge >= 0.3 is 6.18 Å². The SMILES string of the molecule is Cl.N[C@H](c1c(Cl)cccc1C(F)(F)F)C1CCCC1. The highest BCUT2D eigenvalue weighted by Gasteiger charge is 2.37. The molecule has 1 atom stereocenters. The van der Waals surface area contributed by atoms with E-state index in [0.29, 0.717) is 0 Å². The Balaban J connectivity index is 0.00000180. The van der Waals surface area contributed by atoms with Crippen LogP contribution in [0.4, 0.5) is 13.2 Å². The number of hydrogen-bond donors (Lipinski definition) is 1. The van der Waals surface area contributed by atoms with E-state index in [1.165, 1.54) is 12.1 Å². The van der Waals surface area contributed by atoms with E-state index in [-0.39, 0.29) is 28.9 Å². The van der Waals surface area contributed by atoms with Crippen LogP contribution in [0.15, 0.2) is 18.2 Å². The first-order chi connectivity index (χ1) is 8.41. The van der Waals surface area contributed by atoms with Crippen LogP contribution in [-0.2, 0) is 6.18 Å². The summed E-state index contributed by atoms with van der Waals surface area (Å²) in [5.41, 5.74) is 5.37. The Bertz CT molecular complexity index is 428. The van der Waals surface area contributed by atoms with Crippen LogP contribution in [0.1, 0.15) is 42.9 Å². The molecule has 0 amide bonds. The summed E-state index contributed by atoms with van der Waals surface area (Å²) in [6.45, 7) is 0. The van der Waals surface area contributed by atoms with Crippen LogP contribution in [0, 0.1) is 5.92 Å². The molecule has 0 heterocycles. The Morgan fingerprint density at radius 3 is 2.32 bits per heavy atom. The van der Waals surface area contributed by atoms with Crippen LogP contribution in [0.2, 0.25) is 5.02 Å². The summed E-state index contributed by atoms with van der Waals surface area (Å²) in [5, 5.41) is 0.115. The summed E-state index contributed by atoms with van der Waals surface area (Å²) >= 11 is 5.93. The lowest BCUT2D eigenvalue weighted by molar-refractivity contribution is -0.138. The first-order valence-corrected chi connectivity index (χ1v) is 6.40. The largest absolute Gasteiger partial charge is 0.416 e. The molecule has 1 fully saturated rings. The highest BCUT2D eigenvalue weighted by atomic mass is 35.5. The van der Waals surface area contributed by atoms with Gasteiger partial charge < -0.3 is 5.73 Å². The molecule has 0 saturated heterocycles. The minimum atomic E-state index is -4.41. The van der Waals surface area contributed by atoms with E-state index in [2.05, 4.69) is 0 Å². The predicted octanol–water partition coefficient (Wildman–Crippen LogP) is 4.97. The molecule has 1 aromatic carbocycles. The molecule has 2 N–H and O–H groups in total. The normalized spacial score (nSPS) is 18.2. The third-order valence-electron chi connectivity index (χ3n) is 3.60. The molecule has 108 valence electrons. The molecule has 1 aliphatic rings. The molecule has 1 saturated carbocycles. The third-order valence-corrected chi connectivity index (χ3v) is 3.93. The first kappa shape index (κ1) is 16.6. The zero-order chi connectivity index (χ0) is 13.3. The fraction of sp³-hybridized carbons (Fsp3) is 0.538. The molecule has 1 aliphatic carbocycles. The van der Waals surface area contributed by atoms with Gasteiger partial charge in [-0.25, -0.2) is 0 Å². The summed E-state index contributed by atoms with van der Waals surface area (Å²) in [7, 11) is 0. The van der Waals surface area contributed by atoms with Crippen molar-refractivity contribution < 1.29 is 13.2 Å². The molecule has 0 aromatic heterocycles. The fourth-order valence-electron chi connectivity index (χ4n) is 2.68. The monoisotopic (exact) mass is 313 g/mol. The molecule has 0 spiro atoms. The Hall–Kier alpha value is -0.450. The number of benzene rings is 1. The predicted molar refractivity (Wildman–Crippen MR) is 72.6 cm³/mol. The standard InChI is InChI=1S/C13H15ClF3N.ClH/c14-10-7-3-6-9(13(15,16)17)11(10)12(18)8-4-1-2-5-8;/h3,6-8,12H,1-2,4-5,18H2;1H/t12-;/m0./s1. The highest BCUT2D eigenvalue weighted by Crippen LogP contribution is 2.42. The molecule has 0 bridgehead atoms. The van der Waals surface area contributed by atoms with Crippen LogP contribution >= 0.6 is 24.0 Å². The molecular weight excluding hydrogens is 298 g/mol. The lowest BCUT2D eigenvalue weighted by atomic mass is 9.89. The van der Waals surface area contributed by atoms with Crippen molar-refractivity contribution in [2.45, 2.75) is 37.9 Å². The van der Waals surface area contributed by atoms with E-state index in [9.17, 15) is 13.2 Å². The van der Waals surface area contributed by atoms with Gasteiger partial charge in [0.05, 0.1) is 5.56 Å². The summed E-state index contributed by atoms with van der Waals surface area (Å²) in [6, 6.07) is 3.21. The number of halogens is 5. The van der Waals surface area contributed by atoms with Crippen molar-refractivity contribution in [3.63, 3.8) is 0 Å². The Morgan fingerprint density at radius 1 is 1.21 bits per heavy atom. The average molecular weight is 314 g/mol. The maximum atomic E-state index is 13.0. The van der Waals surface area contributed by atoms with Gasteiger partial charge in [0.25, 0.3) is 0 Å². The van der Waals surface area contributed by atoms with Crippen molar-refractivity contribution in [2.24, 2.45) is 11.7 Å². The lowest BCUT2D eigenvalue weighted by Gasteiger charge is -2.24. The van der Waals surface area contributed by atoms with Crippen LogP contribution in [0.5, 0.6) is 0 Å².